The zero-order chi connectivity index (χ0) is 19.5. The largest absolute Gasteiger partial charge is 0.445 e. The fourth-order valence-corrected chi connectivity index (χ4v) is 4.16. The minimum atomic E-state index is -0.382. The second-order valence-corrected chi connectivity index (χ2v) is 7.70. The summed E-state index contributed by atoms with van der Waals surface area (Å²) in [5, 5.41) is 5.97. The maximum atomic E-state index is 12.6. The van der Waals surface area contributed by atoms with Gasteiger partial charge in [-0.2, -0.15) is 0 Å². The summed E-state index contributed by atoms with van der Waals surface area (Å²) in [6.07, 6.45) is 2.59. The number of piperidine rings is 2. The number of hydrogen-bond donors (Lipinski definition) is 2. The summed E-state index contributed by atoms with van der Waals surface area (Å²) in [7, 11) is 0. The first-order valence-electron chi connectivity index (χ1n) is 9.93. The van der Waals surface area contributed by atoms with Gasteiger partial charge in [-0.25, -0.2) is 9.59 Å². The highest BCUT2D eigenvalue weighted by atomic mass is 16.6. The van der Waals surface area contributed by atoms with Gasteiger partial charge >= 0.3 is 12.1 Å². The number of likely N-dealkylation sites (tertiary alicyclic amines) is 1. The van der Waals surface area contributed by atoms with Gasteiger partial charge in [0.15, 0.2) is 0 Å². The molecule has 28 heavy (non-hydrogen) atoms. The lowest BCUT2D eigenvalue weighted by Gasteiger charge is -2.34. The fourth-order valence-electron chi connectivity index (χ4n) is 4.16. The SMILES string of the molecule is O=C(NC1CCN(C(=O)OCc2ccccc2)CC1)[C@@H]1CCC2CN1C(=O)N2. The van der Waals surface area contributed by atoms with Crippen molar-refractivity contribution >= 4 is 18.0 Å². The molecule has 3 heterocycles. The van der Waals surface area contributed by atoms with Crippen LogP contribution < -0.4 is 10.6 Å². The van der Waals surface area contributed by atoms with E-state index in [0.29, 0.717) is 38.9 Å². The maximum absolute atomic E-state index is 12.6. The number of benzene rings is 1. The standard InChI is InChI=1S/C20H26N4O4/c25-18(17-7-6-16-12-24(17)19(26)22-16)21-15-8-10-23(11-9-15)20(27)28-13-14-4-2-1-3-5-14/h1-5,15-17H,6-13H2,(H,21,25)(H,22,26)/t16?,17-/m0/s1. The number of amides is 4. The molecule has 0 radical (unpaired) electrons. The van der Waals surface area contributed by atoms with Gasteiger partial charge in [0.1, 0.15) is 12.6 Å². The van der Waals surface area contributed by atoms with Gasteiger partial charge in [0.2, 0.25) is 5.91 Å². The summed E-state index contributed by atoms with van der Waals surface area (Å²) in [4.78, 5) is 40.1. The van der Waals surface area contributed by atoms with Crippen molar-refractivity contribution in [3.8, 4) is 0 Å². The highest BCUT2D eigenvalue weighted by Crippen LogP contribution is 2.23. The predicted molar refractivity (Wildman–Crippen MR) is 101 cm³/mol. The first kappa shape index (κ1) is 18.6. The summed E-state index contributed by atoms with van der Waals surface area (Å²) < 4.78 is 5.37. The van der Waals surface area contributed by atoms with Crippen LogP contribution >= 0.6 is 0 Å². The van der Waals surface area contributed by atoms with Crippen LogP contribution in [0.3, 0.4) is 0 Å². The van der Waals surface area contributed by atoms with Crippen LogP contribution in [-0.2, 0) is 16.1 Å². The van der Waals surface area contributed by atoms with Crippen LogP contribution in [0.15, 0.2) is 30.3 Å². The van der Waals surface area contributed by atoms with Gasteiger partial charge in [-0.05, 0) is 31.2 Å². The Kier molecular flexibility index (Phi) is 5.36. The highest BCUT2D eigenvalue weighted by molar-refractivity contribution is 5.89. The van der Waals surface area contributed by atoms with E-state index in [4.69, 9.17) is 4.74 Å². The summed E-state index contributed by atoms with van der Waals surface area (Å²) >= 11 is 0. The van der Waals surface area contributed by atoms with E-state index in [9.17, 15) is 14.4 Å². The molecule has 150 valence electrons. The molecule has 1 unspecified atom stereocenters. The Hall–Kier alpha value is -2.77. The van der Waals surface area contributed by atoms with Gasteiger partial charge in [0, 0.05) is 31.7 Å². The van der Waals surface area contributed by atoms with E-state index in [-0.39, 0.29) is 42.8 Å². The number of nitrogens with one attached hydrogen (secondary N) is 2. The van der Waals surface area contributed by atoms with Crippen molar-refractivity contribution in [1.82, 2.24) is 20.4 Å². The van der Waals surface area contributed by atoms with Crippen LogP contribution in [0.5, 0.6) is 0 Å². The molecule has 2 bridgehead atoms. The Morgan fingerprint density at radius 2 is 1.86 bits per heavy atom. The molecular weight excluding hydrogens is 360 g/mol. The minimum absolute atomic E-state index is 0.0223. The summed E-state index contributed by atoms with van der Waals surface area (Å²) in [6.45, 7) is 1.98. The number of ether oxygens (including phenoxy) is 1. The molecule has 3 saturated heterocycles. The first-order valence-corrected chi connectivity index (χ1v) is 9.93. The molecule has 4 amide bonds. The molecule has 2 N–H and O–H groups in total. The molecule has 3 aliphatic heterocycles. The third-order valence-electron chi connectivity index (χ3n) is 5.78. The monoisotopic (exact) mass is 386 g/mol. The molecule has 0 saturated carbocycles. The van der Waals surface area contributed by atoms with E-state index in [2.05, 4.69) is 10.6 Å². The van der Waals surface area contributed by atoms with Crippen molar-refractivity contribution < 1.29 is 19.1 Å². The van der Waals surface area contributed by atoms with Crippen LogP contribution in [0.4, 0.5) is 9.59 Å². The Morgan fingerprint density at radius 3 is 2.61 bits per heavy atom. The molecule has 8 heteroatoms. The molecule has 1 aromatic rings. The summed E-state index contributed by atoms with van der Waals surface area (Å²) in [5.74, 6) is -0.0828. The second kappa shape index (κ2) is 8.08. The topological polar surface area (TPSA) is 91.0 Å². The summed E-state index contributed by atoms with van der Waals surface area (Å²) in [6, 6.07) is 9.27. The molecule has 3 fully saturated rings. The Bertz CT molecular complexity index is 733. The van der Waals surface area contributed by atoms with E-state index in [1.165, 1.54) is 0 Å². The van der Waals surface area contributed by atoms with Gasteiger partial charge < -0.3 is 25.2 Å². The van der Waals surface area contributed by atoms with E-state index in [1.807, 2.05) is 30.3 Å². The third kappa shape index (κ3) is 4.05. The van der Waals surface area contributed by atoms with Crippen LogP contribution in [0.1, 0.15) is 31.2 Å². The van der Waals surface area contributed by atoms with Gasteiger partial charge in [-0.3, -0.25) is 4.79 Å². The van der Waals surface area contributed by atoms with Crippen molar-refractivity contribution in [3.05, 3.63) is 35.9 Å². The highest BCUT2D eigenvalue weighted by Gasteiger charge is 2.42. The quantitative estimate of drug-likeness (QED) is 0.820. The van der Waals surface area contributed by atoms with Gasteiger partial charge in [-0.1, -0.05) is 30.3 Å². The lowest BCUT2D eigenvalue weighted by atomic mass is 9.99. The number of carbonyl (C=O) groups is 3. The minimum Gasteiger partial charge on any atom is -0.445 e. The maximum Gasteiger partial charge on any atom is 0.410 e. The number of carbonyl (C=O) groups excluding carboxylic acids is 3. The molecule has 4 rings (SSSR count). The van der Waals surface area contributed by atoms with Crippen LogP contribution in [0.2, 0.25) is 0 Å². The molecule has 8 nitrogen and oxygen atoms in total. The molecule has 3 aliphatic rings. The molecule has 0 aromatic heterocycles. The number of rotatable bonds is 4. The fraction of sp³-hybridized carbons (Fsp3) is 0.550. The molecule has 0 aliphatic carbocycles. The van der Waals surface area contributed by atoms with Gasteiger partial charge in [-0.15, -0.1) is 0 Å². The normalized spacial score (nSPS) is 24.6. The average molecular weight is 386 g/mol. The second-order valence-electron chi connectivity index (χ2n) is 7.70. The van der Waals surface area contributed by atoms with Gasteiger partial charge in [0.05, 0.1) is 0 Å². The molecule has 0 spiro atoms. The van der Waals surface area contributed by atoms with Crippen molar-refractivity contribution in [2.24, 2.45) is 0 Å². The predicted octanol–water partition coefficient (Wildman–Crippen LogP) is 1.46. The third-order valence-corrected chi connectivity index (χ3v) is 5.78. The Morgan fingerprint density at radius 1 is 1.11 bits per heavy atom. The number of urea groups is 1. The Balaban J connectivity index is 1.21. The zero-order valence-corrected chi connectivity index (χ0v) is 15.8. The van der Waals surface area contributed by atoms with E-state index in [0.717, 1.165) is 12.0 Å². The van der Waals surface area contributed by atoms with E-state index < -0.39 is 0 Å². The average Bonchev–Trinajstić information content (AvgIpc) is 3.01. The van der Waals surface area contributed by atoms with E-state index >= 15 is 0 Å². The molecule has 1 aromatic carbocycles. The van der Waals surface area contributed by atoms with Crippen molar-refractivity contribution in [3.63, 3.8) is 0 Å². The zero-order valence-electron chi connectivity index (χ0n) is 15.8. The van der Waals surface area contributed by atoms with E-state index in [1.54, 1.807) is 9.80 Å². The van der Waals surface area contributed by atoms with Crippen LogP contribution in [0.25, 0.3) is 0 Å². The van der Waals surface area contributed by atoms with Gasteiger partial charge in [0.25, 0.3) is 0 Å². The molecule has 2 atom stereocenters. The number of fused-ring (bicyclic) bond motifs is 2. The number of nitrogens with zero attached hydrogens (tertiary/aromatic N) is 2. The van der Waals surface area contributed by atoms with Crippen LogP contribution in [0, 0.1) is 0 Å². The Labute approximate surface area is 164 Å². The van der Waals surface area contributed by atoms with Crippen molar-refractivity contribution in [2.75, 3.05) is 19.6 Å². The summed E-state index contributed by atoms with van der Waals surface area (Å²) in [5.41, 5.74) is 0.957. The molecular formula is C20H26N4O4. The van der Waals surface area contributed by atoms with Crippen molar-refractivity contribution in [2.45, 2.75) is 50.4 Å². The first-order chi connectivity index (χ1) is 13.6. The van der Waals surface area contributed by atoms with Crippen LogP contribution in [-0.4, -0.2) is 65.6 Å². The lowest BCUT2D eigenvalue weighted by molar-refractivity contribution is -0.127. The smallest absolute Gasteiger partial charge is 0.410 e. The van der Waals surface area contributed by atoms with Crippen molar-refractivity contribution in [1.29, 1.82) is 0 Å². The number of hydrogen-bond acceptors (Lipinski definition) is 4. The lowest BCUT2D eigenvalue weighted by Crippen LogP contribution is -2.54.